The monoisotopic (exact) mass is 479 g/mol. The Bertz CT molecular complexity index is 996. The summed E-state index contributed by atoms with van der Waals surface area (Å²) in [6.07, 6.45) is 7.41. The minimum atomic E-state index is -0.551. The molecule has 2 aromatic carbocycles. The summed E-state index contributed by atoms with van der Waals surface area (Å²) >= 11 is 0. The van der Waals surface area contributed by atoms with E-state index in [2.05, 4.69) is 47.0 Å². The van der Waals surface area contributed by atoms with Crippen molar-refractivity contribution in [1.29, 1.82) is 0 Å². The molecule has 190 valence electrons. The van der Waals surface area contributed by atoms with E-state index in [-0.39, 0.29) is 11.1 Å². The topological polar surface area (TPSA) is 59.4 Å². The van der Waals surface area contributed by atoms with Gasteiger partial charge in [0.15, 0.2) is 6.35 Å². The van der Waals surface area contributed by atoms with Crippen LogP contribution in [0, 0.1) is 5.92 Å². The van der Waals surface area contributed by atoms with Gasteiger partial charge in [0.05, 0.1) is 7.11 Å². The molecule has 3 aliphatic rings. The SMILES string of the molecule is COc1ccc(CN2CC3(CCC(c4cccc(O)c4)(N(C)C)CC3)N(CC3CCC3)C2O)cc1. The molecule has 2 aliphatic carbocycles. The first kappa shape index (κ1) is 24.6. The highest BCUT2D eigenvalue weighted by molar-refractivity contribution is 5.34. The van der Waals surface area contributed by atoms with Crippen LogP contribution in [0.3, 0.4) is 0 Å². The number of phenolic OH excluding ortho intramolecular Hbond substituents is 1. The first-order valence-corrected chi connectivity index (χ1v) is 13.1. The molecule has 35 heavy (non-hydrogen) atoms. The molecule has 0 radical (unpaired) electrons. The highest BCUT2D eigenvalue weighted by Gasteiger charge is 2.55. The summed E-state index contributed by atoms with van der Waals surface area (Å²) in [6, 6.07) is 16.0. The molecule has 5 rings (SSSR count). The van der Waals surface area contributed by atoms with Crippen molar-refractivity contribution in [2.75, 3.05) is 34.3 Å². The highest BCUT2D eigenvalue weighted by atomic mass is 16.5. The summed E-state index contributed by atoms with van der Waals surface area (Å²) in [5.74, 6) is 1.89. The highest BCUT2D eigenvalue weighted by Crippen LogP contribution is 2.50. The van der Waals surface area contributed by atoms with Crippen LogP contribution in [0.1, 0.15) is 56.1 Å². The molecule has 1 spiro atoms. The molecule has 1 aliphatic heterocycles. The fourth-order valence-corrected chi connectivity index (χ4v) is 6.70. The van der Waals surface area contributed by atoms with Crippen LogP contribution in [-0.4, -0.2) is 71.1 Å². The third-order valence-corrected chi connectivity index (χ3v) is 9.18. The summed E-state index contributed by atoms with van der Waals surface area (Å²) in [4.78, 5) is 7.05. The quantitative estimate of drug-likeness (QED) is 0.615. The van der Waals surface area contributed by atoms with Crippen LogP contribution in [-0.2, 0) is 12.1 Å². The second kappa shape index (κ2) is 9.74. The van der Waals surface area contributed by atoms with Crippen molar-refractivity contribution < 1.29 is 14.9 Å². The van der Waals surface area contributed by atoms with E-state index in [0.717, 1.165) is 51.1 Å². The number of benzene rings is 2. The van der Waals surface area contributed by atoms with Crippen LogP contribution in [0.2, 0.25) is 0 Å². The first-order valence-electron chi connectivity index (χ1n) is 13.1. The Hall–Kier alpha value is -2.12. The van der Waals surface area contributed by atoms with Gasteiger partial charge in [0.25, 0.3) is 0 Å². The Morgan fingerprint density at radius 3 is 2.31 bits per heavy atom. The normalized spacial score (nSPS) is 30.1. The number of hydrogen-bond acceptors (Lipinski definition) is 6. The second-order valence-corrected chi connectivity index (χ2v) is 11.2. The van der Waals surface area contributed by atoms with E-state index in [0.29, 0.717) is 11.7 Å². The molecule has 2 N–H and O–H groups in total. The van der Waals surface area contributed by atoms with E-state index in [1.165, 1.54) is 30.4 Å². The minimum Gasteiger partial charge on any atom is -0.508 e. The van der Waals surface area contributed by atoms with E-state index in [1.54, 1.807) is 13.2 Å². The van der Waals surface area contributed by atoms with Crippen LogP contribution in [0.4, 0.5) is 0 Å². The second-order valence-electron chi connectivity index (χ2n) is 11.2. The maximum atomic E-state index is 11.6. The average Bonchev–Trinajstić information content (AvgIpc) is 3.07. The van der Waals surface area contributed by atoms with Crippen molar-refractivity contribution in [3.8, 4) is 11.5 Å². The van der Waals surface area contributed by atoms with E-state index < -0.39 is 6.35 Å². The first-order chi connectivity index (χ1) is 16.8. The van der Waals surface area contributed by atoms with Crippen LogP contribution in [0.15, 0.2) is 48.5 Å². The number of rotatable bonds is 7. The largest absolute Gasteiger partial charge is 0.508 e. The Balaban J connectivity index is 1.39. The van der Waals surface area contributed by atoms with E-state index in [1.807, 2.05) is 24.3 Å². The van der Waals surface area contributed by atoms with Gasteiger partial charge in [0.1, 0.15) is 11.5 Å². The number of aliphatic hydroxyl groups is 1. The molecular weight excluding hydrogens is 438 g/mol. The molecule has 2 saturated carbocycles. The third-order valence-electron chi connectivity index (χ3n) is 9.18. The van der Waals surface area contributed by atoms with Crippen LogP contribution < -0.4 is 4.74 Å². The standard InChI is InChI=1S/C29H41N3O3/c1-30(2)29(24-8-5-9-25(33)18-24)16-14-28(15-17-29)21-31(19-23-10-12-26(35-3)13-11-23)27(34)32(28)20-22-6-4-7-22/h5,8-13,18,22,27,33-34H,4,6-7,14-17,19-21H2,1-3H3. The lowest BCUT2D eigenvalue weighted by atomic mass is 9.68. The molecule has 1 atom stereocenters. The summed E-state index contributed by atoms with van der Waals surface area (Å²) in [5, 5.41) is 21.8. The number of aliphatic hydroxyl groups excluding tert-OH is 1. The Kier molecular flexibility index (Phi) is 6.83. The Labute approximate surface area is 210 Å². The van der Waals surface area contributed by atoms with Crippen molar-refractivity contribution in [2.24, 2.45) is 5.92 Å². The fourth-order valence-electron chi connectivity index (χ4n) is 6.70. The lowest BCUT2D eigenvalue weighted by Gasteiger charge is -2.52. The fraction of sp³-hybridized carbons (Fsp3) is 0.586. The zero-order valence-corrected chi connectivity index (χ0v) is 21.5. The van der Waals surface area contributed by atoms with Crippen LogP contribution in [0.25, 0.3) is 0 Å². The van der Waals surface area contributed by atoms with E-state index in [9.17, 15) is 10.2 Å². The number of nitrogens with zero attached hydrogens (tertiary/aromatic N) is 3. The van der Waals surface area contributed by atoms with Gasteiger partial charge in [-0.25, -0.2) is 0 Å². The molecule has 6 nitrogen and oxygen atoms in total. The van der Waals surface area contributed by atoms with Gasteiger partial charge in [-0.2, -0.15) is 0 Å². The average molecular weight is 480 g/mol. The van der Waals surface area contributed by atoms with Gasteiger partial charge < -0.3 is 14.9 Å². The van der Waals surface area contributed by atoms with E-state index in [4.69, 9.17) is 4.74 Å². The molecule has 1 saturated heterocycles. The predicted octanol–water partition coefficient (Wildman–Crippen LogP) is 4.36. The predicted molar refractivity (Wildman–Crippen MR) is 138 cm³/mol. The summed E-state index contributed by atoms with van der Waals surface area (Å²) in [5.41, 5.74) is 2.28. The van der Waals surface area contributed by atoms with Crippen LogP contribution in [0.5, 0.6) is 11.5 Å². The van der Waals surface area contributed by atoms with Crippen molar-refractivity contribution >= 4 is 0 Å². The van der Waals surface area contributed by atoms with Gasteiger partial charge in [0, 0.05) is 30.7 Å². The van der Waals surface area contributed by atoms with Crippen molar-refractivity contribution in [2.45, 2.75) is 68.9 Å². The molecule has 0 amide bonds. The molecule has 3 fully saturated rings. The van der Waals surface area contributed by atoms with Gasteiger partial charge >= 0.3 is 0 Å². The van der Waals surface area contributed by atoms with Gasteiger partial charge in [0.2, 0.25) is 0 Å². The number of phenols is 1. The van der Waals surface area contributed by atoms with Crippen molar-refractivity contribution in [1.82, 2.24) is 14.7 Å². The number of methoxy groups -OCH3 is 1. The Morgan fingerprint density at radius 2 is 1.74 bits per heavy atom. The molecule has 6 heteroatoms. The zero-order valence-electron chi connectivity index (χ0n) is 21.5. The smallest absolute Gasteiger partial charge is 0.166 e. The number of aromatic hydroxyl groups is 1. The van der Waals surface area contributed by atoms with Crippen molar-refractivity contribution in [3.63, 3.8) is 0 Å². The zero-order chi connectivity index (χ0) is 24.6. The molecule has 0 bridgehead atoms. The number of hydrogen-bond donors (Lipinski definition) is 2. The van der Waals surface area contributed by atoms with Crippen molar-refractivity contribution in [3.05, 3.63) is 59.7 Å². The molecule has 1 unspecified atom stereocenters. The molecule has 2 aromatic rings. The minimum absolute atomic E-state index is 0.0161. The maximum absolute atomic E-state index is 11.6. The molecule has 1 heterocycles. The van der Waals surface area contributed by atoms with Crippen LogP contribution >= 0.6 is 0 Å². The lowest BCUT2D eigenvalue weighted by Crippen LogP contribution is -2.57. The van der Waals surface area contributed by atoms with Gasteiger partial charge in [-0.15, -0.1) is 0 Å². The summed E-state index contributed by atoms with van der Waals surface area (Å²) in [6.45, 7) is 2.61. The lowest BCUT2D eigenvalue weighted by molar-refractivity contribution is -0.104. The van der Waals surface area contributed by atoms with Gasteiger partial charge in [-0.3, -0.25) is 14.7 Å². The summed E-state index contributed by atoms with van der Waals surface area (Å²) in [7, 11) is 6.01. The third kappa shape index (κ3) is 4.57. The van der Waals surface area contributed by atoms with Gasteiger partial charge in [-0.1, -0.05) is 30.7 Å². The molecule has 0 aromatic heterocycles. The number of ether oxygens (including phenoxy) is 1. The van der Waals surface area contributed by atoms with E-state index >= 15 is 0 Å². The van der Waals surface area contributed by atoms with Gasteiger partial charge in [-0.05, 0) is 93.9 Å². The maximum Gasteiger partial charge on any atom is 0.166 e. The molecular formula is C29H41N3O3. The Morgan fingerprint density at radius 1 is 1.03 bits per heavy atom. The summed E-state index contributed by atoms with van der Waals surface area (Å²) < 4.78 is 5.32.